The Labute approximate surface area is 119 Å². The lowest BCUT2D eigenvalue weighted by atomic mass is 10.2. The molecule has 1 aromatic carbocycles. The van der Waals surface area contributed by atoms with Crippen molar-refractivity contribution in [2.45, 2.75) is 17.1 Å². The molecule has 0 amide bonds. The van der Waals surface area contributed by atoms with Crippen LogP contribution in [0, 0.1) is 6.92 Å². The number of rotatable bonds is 2. The zero-order chi connectivity index (χ0) is 13.2. The monoisotopic (exact) mass is 288 g/mol. The molecule has 3 aromatic rings. The molecule has 6 heteroatoms. The van der Waals surface area contributed by atoms with Gasteiger partial charge in [-0.15, -0.1) is 0 Å². The van der Waals surface area contributed by atoms with Crippen LogP contribution in [0.25, 0.3) is 10.9 Å². The fourth-order valence-electron chi connectivity index (χ4n) is 1.66. The number of aromatic nitrogens is 4. The zero-order valence-corrected chi connectivity index (χ0v) is 11.6. The highest BCUT2D eigenvalue weighted by Gasteiger charge is 2.09. The zero-order valence-electron chi connectivity index (χ0n) is 10.0. The van der Waals surface area contributed by atoms with Gasteiger partial charge >= 0.3 is 0 Å². The van der Waals surface area contributed by atoms with Gasteiger partial charge in [-0.2, -0.15) is 0 Å². The number of hydrogen-bond donors (Lipinski definition) is 0. The number of aryl methyl sites for hydroxylation is 1. The first-order chi connectivity index (χ1) is 9.22. The molecule has 0 bridgehead atoms. The predicted molar refractivity (Wildman–Crippen MR) is 75.4 cm³/mol. The molecular weight excluding hydrogens is 280 g/mol. The molecule has 0 saturated carbocycles. The predicted octanol–water partition coefficient (Wildman–Crippen LogP) is 3.53. The molecule has 19 heavy (non-hydrogen) atoms. The van der Waals surface area contributed by atoms with Gasteiger partial charge in [-0.25, -0.2) is 19.9 Å². The van der Waals surface area contributed by atoms with Crippen molar-refractivity contribution in [2.75, 3.05) is 0 Å². The maximum atomic E-state index is 5.94. The first-order valence-electron chi connectivity index (χ1n) is 5.62. The molecule has 0 saturated heterocycles. The molecular formula is C13H9ClN4S. The van der Waals surface area contributed by atoms with Crippen molar-refractivity contribution in [1.29, 1.82) is 0 Å². The van der Waals surface area contributed by atoms with Crippen LogP contribution in [0.2, 0.25) is 5.28 Å². The summed E-state index contributed by atoms with van der Waals surface area (Å²) in [6, 6.07) is 9.59. The normalized spacial score (nSPS) is 10.8. The molecule has 0 aliphatic rings. The van der Waals surface area contributed by atoms with E-state index in [0.717, 1.165) is 21.6 Å². The van der Waals surface area contributed by atoms with E-state index in [0.29, 0.717) is 5.16 Å². The highest BCUT2D eigenvalue weighted by atomic mass is 35.5. The van der Waals surface area contributed by atoms with E-state index in [1.54, 1.807) is 6.20 Å². The number of benzene rings is 1. The van der Waals surface area contributed by atoms with Crippen molar-refractivity contribution in [2.24, 2.45) is 0 Å². The minimum absolute atomic E-state index is 0.230. The Hall–Kier alpha value is -1.72. The third kappa shape index (κ3) is 2.67. The Kier molecular flexibility index (Phi) is 3.31. The average Bonchev–Trinajstić information content (AvgIpc) is 2.38. The lowest BCUT2D eigenvalue weighted by Crippen LogP contribution is -1.92. The largest absolute Gasteiger partial charge is 0.231 e. The quantitative estimate of drug-likeness (QED) is 0.533. The first-order valence-corrected chi connectivity index (χ1v) is 6.81. The summed E-state index contributed by atoms with van der Waals surface area (Å²) in [5, 5.41) is 2.59. The summed E-state index contributed by atoms with van der Waals surface area (Å²) in [6.07, 6.45) is 1.73. The summed E-state index contributed by atoms with van der Waals surface area (Å²) in [4.78, 5) is 17.0. The fourth-order valence-corrected chi connectivity index (χ4v) is 2.78. The highest BCUT2D eigenvalue weighted by Crippen LogP contribution is 2.30. The van der Waals surface area contributed by atoms with E-state index >= 15 is 0 Å². The van der Waals surface area contributed by atoms with Crippen LogP contribution in [0.4, 0.5) is 0 Å². The maximum Gasteiger partial charge on any atom is 0.224 e. The van der Waals surface area contributed by atoms with Gasteiger partial charge in [-0.05, 0) is 42.4 Å². The average molecular weight is 289 g/mol. The van der Waals surface area contributed by atoms with E-state index in [-0.39, 0.29) is 5.28 Å². The van der Waals surface area contributed by atoms with Gasteiger partial charge in [-0.3, -0.25) is 0 Å². The van der Waals surface area contributed by atoms with E-state index in [1.165, 1.54) is 11.8 Å². The van der Waals surface area contributed by atoms with E-state index in [2.05, 4.69) is 19.9 Å². The molecule has 0 spiro atoms. The van der Waals surface area contributed by atoms with Crippen LogP contribution in [0.15, 0.2) is 46.7 Å². The minimum atomic E-state index is 0.230. The molecule has 0 N–H and O–H groups in total. The second kappa shape index (κ2) is 5.11. The van der Waals surface area contributed by atoms with Crippen LogP contribution in [-0.2, 0) is 0 Å². The molecule has 0 atom stereocenters. The van der Waals surface area contributed by atoms with Gasteiger partial charge in [0, 0.05) is 17.3 Å². The van der Waals surface area contributed by atoms with Crippen molar-refractivity contribution in [3.63, 3.8) is 0 Å². The number of hydrogen-bond acceptors (Lipinski definition) is 5. The number of para-hydroxylation sites is 1. The van der Waals surface area contributed by atoms with Crippen LogP contribution in [0.5, 0.6) is 0 Å². The van der Waals surface area contributed by atoms with E-state index in [1.807, 2.05) is 37.3 Å². The second-order valence-electron chi connectivity index (χ2n) is 3.90. The van der Waals surface area contributed by atoms with Gasteiger partial charge in [0.1, 0.15) is 5.03 Å². The molecule has 94 valence electrons. The standard InChI is InChI=1S/C13H9ClN4S/c1-8-6-7-15-13(16-8)19-11-9-4-2-3-5-10(9)17-12(14)18-11/h2-7H,1H3. The van der Waals surface area contributed by atoms with Gasteiger partial charge in [0.05, 0.1) is 5.52 Å². The van der Waals surface area contributed by atoms with Crippen molar-refractivity contribution in [1.82, 2.24) is 19.9 Å². The topological polar surface area (TPSA) is 51.6 Å². The number of halogens is 1. The Morgan fingerprint density at radius 2 is 1.89 bits per heavy atom. The Morgan fingerprint density at radius 3 is 2.74 bits per heavy atom. The third-order valence-corrected chi connectivity index (χ3v) is 3.55. The molecule has 0 aliphatic carbocycles. The lowest BCUT2D eigenvalue weighted by Gasteiger charge is -2.04. The van der Waals surface area contributed by atoms with Crippen molar-refractivity contribution in [3.8, 4) is 0 Å². The molecule has 3 rings (SSSR count). The van der Waals surface area contributed by atoms with Crippen molar-refractivity contribution >= 4 is 34.3 Å². The summed E-state index contributed by atoms with van der Waals surface area (Å²) in [5.74, 6) is 0. The smallest absolute Gasteiger partial charge is 0.224 e. The molecule has 0 unspecified atom stereocenters. The molecule has 0 fully saturated rings. The fraction of sp³-hybridized carbons (Fsp3) is 0.0769. The van der Waals surface area contributed by atoms with Crippen LogP contribution in [0.1, 0.15) is 5.69 Å². The number of nitrogens with zero attached hydrogens (tertiary/aromatic N) is 4. The third-order valence-electron chi connectivity index (χ3n) is 2.50. The van der Waals surface area contributed by atoms with Gasteiger partial charge in [-0.1, -0.05) is 18.2 Å². The van der Waals surface area contributed by atoms with Crippen LogP contribution >= 0.6 is 23.4 Å². The van der Waals surface area contributed by atoms with Gasteiger partial charge in [0.2, 0.25) is 5.28 Å². The lowest BCUT2D eigenvalue weighted by molar-refractivity contribution is 0.928. The molecule has 0 aliphatic heterocycles. The summed E-state index contributed by atoms with van der Waals surface area (Å²) >= 11 is 7.33. The SMILES string of the molecule is Cc1ccnc(Sc2nc(Cl)nc3ccccc23)n1. The van der Waals surface area contributed by atoms with Crippen molar-refractivity contribution in [3.05, 3.63) is 47.5 Å². The molecule has 2 aromatic heterocycles. The Balaban J connectivity index is 2.09. The van der Waals surface area contributed by atoms with E-state index < -0.39 is 0 Å². The van der Waals surface area contributed by atoms with E-state index in [4.69, 9.17) is 11.6 Å². The molecule has 2 heterocycles. The van der Waals surface area contributed by atoms with Crippen molar-refractivity contribution < 1.29 is 0 Å². The number of fused-ring (bicyclic) bond motifs is 1. The van der Waals surface area contributed by atoms with Crippen LogP contribution in [0.3, 0.4) is 0 Å². The van der Waals surface area contributed by atoms with Crippen LogP contribution in [-0.4, -0.2) is 19.9 Å². The summed E-state index contributed by atoms with van der Waals surface area (Å²) < 4.78 is 0. The summed E-state index contributed by atoms with van der Waals surface area (Å²) in [7, 11) is 0. The Morgan fingerprint density at radius 1 is 1.05 bits per heavy atom. The maximum absolute atomic E-state index is 5.94. The van der Waals surface area contributed by atoms with Crippen LogP contribution < -0.4 is 0 Å². The summed E-state index contributed by atoms with van der Waals surface area (Å²) in [5.41, 5.74) is 1.74. The van der Waals surface area contributed by atoms with Gasteiger partial charge in [0.15, 0.2) is 5.16 Å². The van der Waals surface area contributed by atoms with Gasteiger partial charge in [0.25, 0.3) is 0 Å². The van der Waals surface area contributed by atoms with Gasteiger partial charge < -0.3 is 0 Å². The molecule has 4 nitrogen and oxygen atoms in total. The second-order valence-corrected chi connectivity index (χ2v) is 5.19. The van der Waals surface area contributed by atoms with E-state index in [9.17, 15) is 0 Å². The Bertz CT molecular complexity index is 748. The minimum Gasteiger partial charge on any atom is -0.231 e. The molecule has 0 radical (unpaired) electrons. The first kappa shape index (κ1) is 12.3. The highest BCUT2D eigenvalue weighted by molar-refractivity contribution is 7.99. The summed E-state index contributed by atoms with van der Waals surface area (Å²) in [6.45, 7) is 1.93.